The maximum atomic E-state index is 11.2. The Morgan fingerprint density at radius 1 is 1.35 bits per heavy atom. The minimum Gasteiger partial charge on any atom is -0.350 e. The van der Waals surface area contributed by atoms with Gasteiger partial charge in [-0.05, 0) is 26.0 Å². The maximum Gasteiger partial charge on any atom is 0.156 e. The lowest BCUT2D eigenvalue weighted by molar-refractivity contribution is 0.112. The molecular formula is C14H15ClN4O. The molecule has 6 heteroatoms. The van der Waals surface area contributed by atoms with Gasteiger partial charge in [-0.1, -0.05) is 17.7 Å². The van der Waals surface area contributed by atoms with E-state index in [9.17, 15) is 4.79 Å². The number of pyridine rings is 1. The molecule has 0 fully saturated rings. The van der Waals surface area contributed by atoms with Gasteiger partial charge in [0.1, 0.15) is 16.8 Å². The quantitative estimate of drug-likeness (QED) is 0.626. The van der Waals surface area contributed by atoms with Crippen molar-refractivity contribution in [1.82, 2.24) is 15.0 Å². The first kappa shape index (κ1) is 14.4. The minimum atomic E-state index is 0.182. The van der Waals surface area contributed by atoms with E-state index in [1.165, 1.54) is 0 Å². The summed E-state index contributed by atoms with van der Waals surface area (Å²) in [5.74, 6) is 1.08. The van der Waals surface area contributed by atoms with Crippen LogP contribution in [0.4, 0.5) is 5.82 Å². The number of rotatable bonds is 5. The normalized spacial score (nSPS) is 10.3. The lowest BCUT2D eigenvalue weighted by Crippen LogP contribution is -2.25. The van der Waals surface area contributed by atoms with Crippen molar-refractivity contribution in [3.05, 3.63) is 46.6 Å². The summed E-state index contributed by atoms with van der Waals surface area (Å²) in [5.41, 5.74) is 1.22. The molecular weight excluding hydrogens is 276 g/mol. The van der Waals surface area contributed by atoms with E-state index in [-0.39, 0.29) is 5.15 Å². The van der Waals surface area contributed by atoms with Crippen molar-refractivity contribution < 1.29 is 4.79 Å². The molecule has 0 saturated heterocycles. The predicted octanol–water partition coefficient (Wildman–Crippen LogP) is 2.67. The van der Waals surface area contributed by atoms with E-state index in [0.29, 0.717) is 36.6 Å². The number of anilines is 1. The van der Waals surface area contributed by atoms with Crippen molar-refractivity contribution in [2.45, 2.75) is 20.4 Å². The Hall–Kier alpha value is -2.01. The topological polar surface area (TPSA) is 59.0 Å². The highest BCUT2D eigenvalue weighted by Crippen LogP contribution is 2.23. The summed E-state index contributed by atoms with van der Waals surface area (Å²) < 4.78 is 0. The number of aldehydes is 1. The summed E-state index contributed by atoms with van der Waals surface area (Å²) in [6.45, 7) is 4.98. The molecule has 0 amide bonds. The Bertz CT molecular complexity index is 604. The van der Waals surface area contributed by atoms with Gasteiger partial charge in [-0.3, -0.25) is 9.78 Å². The fourth-order valence-electron chi connectivity index (χ4n) is 1.90. The van der Waals surface area contributed by atoms with Gasteiger partial charge in [0.15, 0.2) is 6.29 Å². The lowest BCUT2D eigenvalue weighted by Gasteiger charge is -2.23. The summed E-state index contributed by atoms with van der Waals surface area (Å²) in [7, 11) is 0. The van der Waals surface area contributed by atoms with Gasteiger partial charge in [0, 0.05) is 12.7 Å². The van der Waals surface area contributed by atoms with Gasteiger partial charge >= 0.3 is 0 Å². The zero-order valence-corrected chi connectivity index (χ0v) is 12.1. The fourth-order valence-corrected chi connectivity index (χ4v) is 2.15. The summed E-state index contributed by atoms with van der Waals surface area (Å²) in [6.07, 6.45) is 2.43. The van der Waals surface area contributed by atoms with Gasteiger partial charge in [-0.15, -0.1) is 0 Å². The standard InChI is InChI=1S/C14H15ClN4O/c1-3-19(8-11-6-4-5-7-16-11)14-12(9-20)13(15)17-10(2)18-14/h4-7,9H,3,8H2,1-2H3. The zero-order chi connectivity index (χ0) is 14.5. The average Bonchev–Trinajstić information content (AvgIpc) is 2.45. The van der Waals surface area contributed by atoms with Gasteiger partial charge in [-0.25, -0.2) is 9.97 Å². The van der Waals surface area contributed by atoms with Crippen molar-refractivity contribution in [1.29, 1.82) is 0 Å². The molecule has 5 nitrogen and oxygen atoms in total. The average molecular weight is 291 g/mol. The first-order valence-corrected chi connectivity index (χ1v) is 6.67. The first-order chi connectivity index (χ1) is 9.65. The number of aromatic nitrogens is 3. The third-order valence-corrected chi connectivity index (χ3v) is 3.16. The summed E-state index contributed by atoms with van der Waals surface area (Å²) in [4.78, 5) is 25.8. The highest BCUT2D eigenvalue weighted by atomic mass is 35.5. The Labute approximate surface area is 122 Å². The molecule has 2 aromatic rings. The third-order valence-electron chi connectivity index (χ3n) is 2.87. The number of aryl methyl sites for hydroxylation is 1. The van der Waals surface area contributed by atoms with E-state index in [2.05, 4.69) is 15.0 Å². The van der Waals surface area contributed by atoms with Crippen LogP contribution in [0.5, 0.6) is 0 Å². The molecule has 0 aliphatic rings. The van der Waals surface area contributed by atoms with E-state index in [1.54, 1.807) is 13.1 Å². The molecule has 0 unspecified atom stereocenters. The highest BCUT2D eigenvalue weighted by Gasteiger charge is 2.17. The van der Waals surface area contributed by atoms with Crippen LogP contribution in [-0.4, -0.2) is 27.8 Å². The van der Waals surface area contributed by atoms with Crippen molar-refractivity contribution in [2.75, 3.05) is 11.4 Å². The molecule has 0 spiro atoms. The Morgan fingerprint density at radius 2 is 2.15 bits per heavy atom. The van der Waals surface area contributed by atoms with E-state index >= 15 is 0 Å². The van der Waals surface area contributed by atoms with E-state index < -0.39 is 0 Å². The van der Waals surface area contributed by atoms with Crippen molar-refractivity contribution in [3.8, 4) is 0 Å². The van der Waals surface area contributed by atoms with Gasteiger partial charge in [-0.2, -0.15) is 0 Å². The number of hydrogen-bond donors (Lipinski definition) is 0. The molecule has 0 atom stereocenters. The molecule has 0 aliphatic heterocycles. The molecule has 0 saturated carbocycles. The number of carbonyl (C=O) groups is 1. The molecule has 0 N–H and O–H groups in total. The van der Waals surface area contributed by atoms with Crippen molar-refractivity contribution in [2.24, 2.45) is 0 Å². The maximum absolute atomic E-state index is 11.2. The second kappa shape index (κ2) is 6.43. The molecule has 0 radical (unpaired) electrons. The number of hydrogen-bond acceptors (Lipinski definition) is 5. The van der Waals surface area contributed by atoms with Gasteiger partial charge in [0.25, 0.3) is 0 Å². The molecule has 20 heavy (non-hydrogen) atoms. The van der Waals surface area contributed by atoms with Crippen LogP contribution in [0.3, 0.4) is 0 Å². The van der Waals surface area contributed by atoms with Crippen LogP contribution < -0.4 is 4.90 Å². The SMILES string of the molecule is CCN(Cc1ccccn1)c1nc(C)nc(Cl)c1C=O. The largest absolute Gasteiger partial charge is 0.350 e. The number of halogens is 1. The van der Waals surface area contributed by atoms with Crippen LogP contribution in [-0.2, 0) is 6.54 Å². The molecule has 2 rings (SSSR count). The lowest BCUT2D eigenvalue weighted by atomic mass is 10.2. The van der Waals surface area contributed by atoms with E-state index in [0.717, 1.165) is 5.69 Å². The Kier molecular flexibility index (Phi) is 4.63. The van der Waals surface area contributed by atoms with Gasteiger partial charge < -0.3 is 4.90 Å². The van der Waals surface area contributed by atoms with E-state index in [4.69, 9.17) is 11.6 Å². The number of carbonyl (C=O) groups excluding carboxylic acids is 1. The summed E-state index contributed by atoms with van der Waals surface area (Å²) >= 11 is 6.01. The van der Waals surface area contributed by atoms with Crippen LogP contribution in [0, 0.1) is 6.92 Å². The molecule has 104 valence electrons. The second-order valence-electron chi connectivity index (χ2n) is 4.25. The highest BCUT2D eigenvalue weighted by molar-refractivity contribution is 6.32. The summed E-state index contributed by atoms with van der Waals surface area (Å²) in [6, 6.07) is 5.72. The Balaban J connectivity index is 2.39. The zero-order valence-electron chi connectivity index (χ0n) is 11.4. The molecule has 2 heterocycles. The Morgan fingerprint density at radius 3 is 2.75 bits per heavy atom. The van der Waals surface area contributed by atoms with Crippen LogP contribution >= 0.6 is 11.6 Å². The van der Waals surface area contributed by atoms with E-state index in [1.807, 2.05) is 30.0 Å². The van der Waals surface area contributed by atoms with Crippen LogP contribution in [0.2, 0.25) is 5.15 Å². The third kappa shape index (κ3) is 3.11. The van der Waals surface area contributed by atoms with Crippen LogP contribution in [0.1, 0.15) is 28.8 Å². The van der Waals surface area contributed by atoms with Crippen molar-refractivity contribution >= 4 is 23.7 Å². The van der Waals surface area contributed by atoms with Gasteiger partial charge in [0.2, 0.25) is 0 Å². The first-order valence-electron chi connectivity index (χ1n) is 6.29. The molecule has 0 aromatic carbocycles. The number of nitrogens with zero attached hydrogens (tertiary/aromatic N) is 4. The van der Waals surface area contributed by atoms with Gasteiger partial charge in [0.05, 0.1) is 17.8 Å². The smallest absolute Gasteiger partial charge is 0.156 e. The van der Waals surface area contributed by atoms with Crippen LogP contribution in [0.25, 0.3) is 0 Å². The molecule has 2 aromatic heterocycles. The minimum absolute atomic E-state index is 0.182. The fraction of sp³-hybridized carbons (Fsp3) is 0.286. The molecule has 0 aliphatic carbocycles. The van der Waals surface area contributed by atoms with Crippen LogP contribution in [0.15, 0.2) is 24.4 Å². The second-order valence-corrected chi connectivity index (χ2v) is 4.61. The summed E-state index contributed by atoms with van der Waals surface area (Å²) in [5, 5.41) is 0.182. The predicted molar refractivity (Wildman–Crippen MR) is 78.1 cm³/mol. The monoisotopic (exact) mass is 290 g/mol. The van der Waals surface area contributed by atoms with Crippen molar-refractivity contribution in [3.63, 3.8) is 0 Å². The molecule has 0 bridgehead atoms.